The van der Waals surface area contributed by atoms with Crippen LogP contribution in [0.4, 0.5) is 5.13 Å². The number of anilines is 1. The zero-order valence-corrected chi connectivity index (χ0v) is 22.2. The zero-order valence-electron chi connectivity index (χ0n) is 21.4. The van der Waals surface area contributed by atoms with Crippen molar-refractivity contribution in [1.82, 2.24) is 4.98 Å². The van der Waals surface area contributed by atoms with Crippen LogP contribution in [-0.2, 0) is 20.7 Å². The van der Waals surface area contributed by atoms with Crippen LogP contribution in [0.15, 0.2) is 66.2 Å². The molecule has 9 heteroatoms. The highest BCUT2D eigenvalue weighted by molar-refractivity contribution is 7.22. The van der Waals surface area contributed by atoms with Crippen LogP contribution < -0.4 is 9.64 Å². The number of Topliss-reactive ketones (excluding diaryl/α,β-unsaturated/α-hetero) is 1. The number of hydrogen-bond donors (Lipinski definition) is 1. The van der Waals surface area contributed by atoms with Gasteiger partial charge in [-0.3, -0.25) is 14.5 Å². The Labute approximate surface area is 228 Å². The maximum atomic E-state index is 13.5. The summed E-state index contributed by atoms with van der Waals surface area (Å²) in [7, 11) is 1.29. The molecule has 2 aliphatic heterocycles. The van der Waals surface area contributed by atoms with Gasteiger partial charge in [0.25, 0.3) is 5.78 Å². The van der Waals surface area contributed by atoms with E-state index in [1.54, 1.807) is 42.5 Å². The van der Waals surface area contributed by atoms with Crippen molar-refractivity contribution >= 4 is 50.1 Å². The summed E-state index contributed by atoms with van der Waals surface area (Å²) in [4.78, 5) is 45.1. The van der Waals surface area contributed by atoms with Crippen LogP contribution in [0.25, 0.3) is 16.0 Å². The van der Waals surface area contributed by atoms with Crippen molar-refractivity contribution in [3.8, 4) is 5.75 Å². The van der Waals surface area contributed by atoms with E-state index < -0.39 is 23.7 Å². The van der Waals surface area contributed by atoms with Gasteiger partial charge in [0.2, 0.25) is 0 Å². The van der Waals surface area contributed by atoms with E-state index in [1.807, 2.05) is 32.0 Å². The highest BCUT2D eigenvalue weighted by Crippen LogP contribution is 2.45. The molecule has 0 saturated carbocycles. The number of aliphatic hydroxyl groups is 1. The Morgan fingerprint density at radius 1 is 1.08 bits per heavy atom. The largest absolute Gasteiger partial charge is 0.507 e. The lowest BCUT2D eigenvalue weighted by Crippen LogP contribution is -2.29. The summed E-state index contributed by atoms with van der Waals surface area (Å²) in [5.74, 6) is -1.65. The van der Waals surface area contributed by atoms with E-state index in [9.17, 15) is 19.5 Å². The van der Waals surface area contributed by atoms with Crippen molar-refractivity contribution in [3.05, 3.63) is 94.1 Å². The molecule has 2 atom stereocenters. The van der Waals surface area contributed by atoms with Crippen molar-refractivity contribution in [2.24, 2.45) is 0 Å². The van der Waals surface area contributed by atoms with Gasteiger partial charge in [-0.15, -0.1) is 0 Å². The van der Waals surface area contributed by atoms with E-state index in [-0.39, 0.29) is 17.4 Å². The first-order chi connectivity index (χ1) is 18.7. The Bertz CT molecular complexity index is 1700. The first-order valence-electron chi connectivity index (χ1n) is 12.4. The average molecular weight is 541 g/mol. The predicted octanol–water partition coefficient (Wildman–Crippen LogP) is 5.34. The third kappa shape index (κ3) is 4.15. The minimum absolute atomic E-state index is 0.0129. The number of aliphatic hydroxyl groups excluding tert-OH is 1. The van der Waals surface area contributed by atoms with Crippen molar-refractivity contribution in [2.75, 3.05) is 12.0 Å². The number of fused-ring (bicyclic) bond motifs is 2. The molecule has 1 aromatic heterocycles. The molecule has 3 aromatic carbocycles. The van der Waals surface area contributed by atoms with Crippen LogP contribution in [0.1, 0.15) is 45.6 Å². The molecule has 0 aliphatic carbocycles. The maximum absolute atomic E-state index is 13.5. The summed E-state index contributed by atoms with van der Waals surface area (Å²) in [5.41, 5.74) is 3.90. The van der Waals surface area contributed by atoms with E-state index >= 15 is 0 Å². The first kappa shape index (κ1) is 24.8. The SMILES string of the molecule is COC(=O)c1ccc(C2/C(=C(/O)c3ccc4c(c3)CC(C)O4)C(=O)C(=O)N2c2nc3ccc(C)cc3s2)cc1. The van der Waals surface area contributed by atoms with Crippen molar-refractivity contribution in [3.63, 3.8) is 0 Å². The summed E-state index contributed by atoms with van der Waals surface area (Å²) in [6.45, 7) is 3.93. The minimum atomic E-state index is -0.957. The fraction of sp³-hybridized carbons (Fsp3) is 0.200. The lowest BCUT2D eigenvalue weighted by molar-refractivity contribution is -0.132. The van der Waals surface area contributed by atoms with Gasteiger partial charge in [0, 0.05) is 12.0 Å². The van der Waals surface area contributed by atoms with Gasteiger partial charge in [-0.1, -0.05) is 29.5 Å². The molecule has 39 heavy (non-hydrogen) atoms. The van der Waals surface area contributed by atoms with Crippen LogP contribution in [0.3, 0.4) is 0 Å². The molecule has 3 heterocycles. The van der Waals surface area contributed by atoms with Gasteiger partial charge in [-0.25, -0.2) is 9.78 Å². The minimum Gasteiger partial charge on any atom is -0.507 e. The summed E-state index contributed by atoms with van der Waals surface area (Å²) in [5, 5.41) is 11.8. The van der Waals surface area contributed by atoms with E-state index in [1.165, 1.54) is 23.3 Å². The molecule has 8 nitrogen and oxygen atoms in total. The van der Waals surface area contributed by atoms with Crippen LogP contribution in [0, 0.1) is 6.92 Å². The standard InChI is InChI=1S/C30H24N2O6S/c1-15-4-10-21-23(12-15)39-30(31-21)32-25(17-5-7-18(8-6-17)29(36)37-3)24(27(34)28(32)35)26(33)19-9-11-22-20(14-19)13-16(2)38-22/h4-12,14,16,25,33H,13H2,1-3H3/b26-24-. The first-order valence-corrected chi connectivity index (χ1v) is 13.2. The number of aromatic nitrogens is 1. The van der Waals surface area contributed by atoms with Gasteiger partial charge in [-0.2, -0.15) is 0 Å². The Morgan fingerprint density at radius 2 is 1.82 bits per heavy atom. The summed E-state index contributed by atoms with van der Waals surface area (Å²) < 4.78 is 11.5. The topological polar surface area (TPSA) is 106 Å². The van der Waals surface area contributed by atoms with Gasteiger partial charge in [0.15, 0.2) is 5.13 Å². The van der Waals surface area contributed by atoms with E-state index in [0.717, 1.165) is 21.6 Å². The lowest BCUT2D eigenvalue weighted by atomic mass is 9.94. The molecule has 0 radical (unpaired) electrons. The van der Waals surface area contributed by atoms with Gasteiger partial charge in [0.05, 0.1) is 34.5 Å². The number of amides is 1. The molecule has 196 valence electrons. The number of ether oxygens (including phenoxy) is 2. The quantitative estimate of drug-likeness (QED) is 0.161. The number of thiazole rings is 1. The number of nitrogens with zero attached hydrogens (tertiary/aromatic N) is 2. The number of carbonyl (C=O) groups excluding carboxylic acids is 3. The number of rotatable bonds is 4. The van der Waals surface area contributed by atoms with E-state index in [2.05, 4.69) is 4.98 Å². The van der Waals surface area contributed by atoms with Gasteiger partial charge in [-0.05, 0) is 73.0 Å². The maximum Gasteiger partial charge on any atom is 0.337 e. The molecule has 1 saturated heterocycles. The lowest BCUT2D eigenvalue weighted by Gasteiger charge is -2.23. The zero-order chi connectivity index (χ0) is 27.4. The molecular weight excluding hydrogens is 516 g/mol. The van der Waals surface area contributed by atoms with Crippen LogP contribution in [0.5, 0.6) is 5.75 Å². The second-order valence-corrected chi connectivity index (χ2v) is 10.7. The normalized spacial score (nSPS) is 19.8. The molecule has 6 rings (SSSR count). The third-order valence-electron chi connectivity index (χ3n) is 7.00. The molecule has 2 unspecified atom stereocenters. The molecule has 0 bridgehead atoms. The highest BCUT2D eigenvalue weighted by Gasteiger charge is 2.48. The number of methoxy groups -OCH3 is 1. The summed E-state index contributed by atoms with van der Waals surface area (Å²) >= 11 is 1.30. The van der Waals surface area contributed by atoms with Gasteiger partial charge < -0.3 is 14.6 Å². The number of carbonyl (C=O) groups is 3. The van der Waals surface area contributed by atoms with Crippen molar-refractivity contribution in [1.29, 1.82) is 0 Å². The summed E-state index contributed by atoms with van der Waals surface area (Å²) in [6.07, 6.45) is 0.688. The molecule has 2 aliphatic rings. The number of esters is 1. The number of aryl methyl sites for hydroxylation is 1. The number of hydrogen-bond acceptors (Lipinski definition) is 8. The smallest absolute Gasteiger partial charge is 0.337 e. The van der Waals surface area contributed by atoms with Crippen LogP contribution in [-0.4, -0.2) is 41.0 Å². The van der Waals surface area contributed by atoms with E-state index in [0.29, 0.717) is 33.8 Å². The predicted molar refractivity (Wildman–Crippen MR) is 147 cm³/mol. The molecule has 0 spiro atoms. The molecular formula is C30H24N2O6S. The van der Waals surface area contributed by atoms with Crippen molar-refractivity contribution in [2.45, 2.75) is 32.4 Å². The second kappa shape index (κ2) is 9.36. The Balaban J connectivity index is 1.52. The monoisotopic (exact) mass is 540 g/mol. The third-order valence-corrected chi connectivity index (χ3v) is 8.02. The van der Waals surface area contributed by atoms with Gasteiger partial charge in [0.1, 0.15) is 17.6 Å². The molecule has 1 fully saturated rings. The Morgan fingerprint density at radius 3 is 2.56 bits per heavy atom. The fourth-order valence-electron chi connectivity index (χ4n) is 5.11. The summed E-state index contributed by atoms with van der Waals surface area (Å²) in [6, 6.07) is 16.5. The van der Waals surface area contributed by atoms with Gasteiger partial charge >= 0.3 is 11.9 Å². The molecule has 1 amide bonds. The van der Waals surface area contributed by atoms with Crippen molar-refractivity contribution < 1.29 is 29.0 Å². The fourth-order valence-corrected chi connectivity index (χ4v) is 6.20. The average Bonchev–Trinajstić information content (AvgIpc) is 3.59. The number of ketones is 1. The molecule has 1 N–H and O–H groups in total. The van der Waals surface area contributed by atoms with E-state index in [4.69, 9.17) is 9.47 Å². The second-order valence-electron chi connectivity index (χ2n) is 9.71. The molecule has 4 aromatic rings. The Kier molecular flexibility index (Phi) is 5.95. The Hall–Kier alpha value is -4.50. The van der Waals surface area contributed by atoms with Crippen LogP contribution in [0.2, 0.25) is 0 Å². The van der Waals surface area contributed by atoms with Crippen LogP contribution >= 0.6 is 11.3 Å². The number of benzene rings is 3. The highest BCUT2D eigenvalue weighted by atomic mass is 32.1.